The monoisotopic (exact) mass is 652 g/mol. The normalized spacial score (nSPS) is 45.2. The summed E-state index contributed by atoms with van der Waals surface area (Å²) in [4.78, 5) is 0.334. The van der Waals surface area contributed by atoms with Gasteiger partial charge in [-0.1, -0.05) is 45.9 Å². The first-order chi connectivity index (χ1) is 20.9. The standard InChI is InChI=1S/C37H55F3O4S/c1-24-14-18-35(41,19-15-24)23-32(45(43,44)27-8-6-5-7-9-27)25(2)29-12-13-30-28-11-10-26-22-36(42,37(38,39)40)21-20-33(26,3)31(28)16-17-34(29,30)4/h5-9,24-26,28-32,41-42H,10-23H2,1-4H3/t24?,25-,26+,28+,29+,30+,31+,32?,33+,34-,35?,36+/m1/s1. The summed E-state index contributed by atoms with van der Waals surface area (Å²) in [6.45, 7) is 8.91. The summed E-state index contributed by atoms with van der Waals surface area (Å²) in [6.07, 6.45) is 4.30. The predicted molar refractivity (Wildman–Crippen MR) is 170 cm³/mol. The number of hydrogen-bond donors (Lipinski definition) is 2. The molecule has 8 heteroatoms. The molecule has 0 radical (unpaired) electrons. The zero-order valence-electron chi connectivity index (χ0n) is 27.7. The molecular weight excluding hydrogens is 597 g/mol. The maximum atomic E-state index is 14.4. The van der Waals surface area contributed by atoms with E-state index in [-0.39, 0.29) is 47.8 Å². The van der Waals surface area contributed by atoms with Crippen LogP contribution in [0.3, 0.4) is 0 Å². The van der Waals surface area contributed by atoms with Gasteiger partial charge in [-0.3, -0.25) is 0 Å². The lowest BCUT2D eigenvalue weighted by Crippen LogP contribution is -2.59. The lowest BCUT2D eigenvalue weighted by Gasteiger charge is -2.62. The highest BCUT2D eigenvalue weighted by molar-refractivity contribution is 7.92. The third kappa shape index (κ3) is 5.62. The molecule has 4 nitrogen and oxygen atoms in total. The zero-order valence-corrected chi connectivity index (χ0v) is 28.5. The van der Waals surface area contributed by atoms with E-state index in [9.17, 15) is 31.8 Å². The average Bonchev–Trinajstić information content (AvgIpc) is 3.35. The van der Waals surface area contributed by atoms with Gasteiger partial charge in [0.1, 0.15) is 0 Å². The molecular formula is C37H55F3O4S. The lowest BCUT2D eigenvalue weighted by molar-refractivity contribution is -0.290. The number of fused-ring (bicyclic) bond motifs is 5. The molecule has 0 aromatic heterocycles. The van der Waals surface area contributed by atoms with Crippen molar-refractivity contribution in [1.29, 1.82) is 0 Å². The van der Waals surface area contributed by atoms with Gasteiger partial charge in [-0.2, -0.15) is 13.2 Å². The molecule has 5 fully saturated rings. The molecule has 1 aromatic rings. The fraction of sp³-hybridized carbons (Fsp3) is 0.838. The predicted octanol–water partition coefficient (Wildman–Crippen LogP) is 8.75. The molecule has 0 amide bonds. The van der Waals surface area contributed by atoms with E-state index in [2.05, 4.69) is 27.7 Å². The van der Waals surface area contributed by atoms with Crippen molar-refractivity contribution in [3.63, 3.8) is 0 Å². The van der Waals surface area contributed by atoms with Crippen LogP contribution in [0.25, 0.3) is 0 Å². The molecule has 0 saturated heterocycles. The van der Waals surface area contributed by atoms with Crippen molar-refractivity contribution in [2.24, 2.45) is 52.3 Å². The smallest absolute Gasteiger partial charge is 0.390 e. The molecule has 5 saturated carbocycles. The number of hydrogen-bond acceptors (Lipinski definition) is 4. The van der Waals surface area contributed by atoms with Crippen LogP contribution >= 0.6 is 0 Å². The van der Waals surface area contributed by atoms with Gasteiger partial charge in [-0.15, -0.1) is 0 Å². The van der Waals surface area contributed by atoms with Gasteiger partial charge in [0.25, 0.3) is 0 Å². The van der Waals surface area contributed by atoms with Gasteiger partial charge in [-0.25, -0.2) is 8.42 Å². The minimum Gasteiger partial charge on any atom is -0.390 e. The molecule has 45 heavy (non-hydrogen) atoms. The number of rotatable bonds is 6. The van der Waals surface area contributed by atoms with E-state index in [0.717, 1.165) is 51.4 Å². The molecule has 254 valence electrons. The highest BCUT2D eigenvalue weighted by Gasteiger charge is 2.65. The van der Waals surface area contributed by atoms with Crippen molar-refractivity contribution in [1.82, 2.24) is 0 Å². The van der Waals surface area contributed by atoms with Crippen LogP contribution in [0.1, 0.15) is 118 Å². The van der Waals surface area contributed by atoms with E-state index in [0.29, 0.717) is 47.8 Å². The molecule has 6 rings (SSSR count). The van der Waals surface area contributed by atoms with Gasteiger partial charge in [-0.05, 0) is 154 Å². The number of alkyl halides is 3. The summed E-state index contributed by atoms with van der Waals surface area (Å²) in [5, 5.41) is 21.7. The molecule has 2 N–H and O–H groups in total. The van der Waals surface area contributed by atoms with E-state index in [1.165, 1.54) is 0 Å². The fourth-order valence-corrected chi connectivity index (χ4v) is 14.1. The minimum absolute atomic E-state index is 0.0424. The topological polar surface area (TPSA) is 74.6 Å². The molecule has 10 atom stereocenters. The Morgan fingerprint density at radius 1 is 0.844 bits per heavy atom. The molecule has 0 aliphatic heterocycles. The van der Waals surface area contributed by atoms with Gasteiger partial charge < -0.3 is 10.2 Å². The first kappa shape index (κ1) is 33.8. The highest BCUT2D eigenvalue weighted by atomic mass is 32.2. The zero-order chi connectivity index (χ0) is 32.6. The van der Waals surface area contributed by atoms with Gasteiger partial charge >= 0.3 is 6.18 Å². The summed E-state index contributed by atoms with van der Waals surface area (Å²) in [5.41, 5.74) is -3.79. The lowest BCUT2D eigenvalue weighted by atomic mass is 9.43. The fourth-order valence-electron chi connectivity index (χ4n) is 11.9. The van der Waals surface area contributed by atoms with Gasteiger partial charge in [0, 0.05) is 0 Å². The summed E-state index contributed by atoms with van der Waals surface area (Å²) in [6, 6.07) is 8.76. The SMILES string of the molecule is CC1CCC(O)(CC([C@H](C)[C@@H]2CC[C@H]3[C@@H]4CC[C@H]5C[C@](O)(C(F)(F)F)CC[C@]5(C)[C@H]4CC[C@@]32C)S(=O)(=O)c2ccccc2)CC1. The van der Waals surface area contributed by atoms with Crippen LogP contribution in [0, 0.1) is 52.3 Å². The third-order valence-corrected chi connectivity index (χ3v) is 17.1. The van der Waals surface area contributed by atoms with Crippen LogP contribution in [0.2, 0.25) is 0 Å². The minimum atomic E-state index is -4.59. The van der Waals surface area contributed by atoms with E-state index in [4.69, 9.17) is 0 Å². The average molecular weight is 653 g/mol. The number of benzene rings is 1. The maximum Gasteiger partial charge on any atom is 0.417 e. The van der Waals surface area contributed by atoms with Gasteiger partial charge in [0.05, 0.1) is 15.7 Å². The highest BCUT2D eigenvalue weighted by Crippen LogP contribution is 2.69. The quantitative estimate of drug-likeness (QED) is 0.322. The molecule has 1 aromatic carbocycles. The Morgan fingerprint density at radius 3 is 2.13 bits per heavy atom. The molecule has 5 aliphatic rings. The molecule has 1 unspecified atom stereocenters. The van der Waals surface area contributed by atoms with Crippen LogP contribution in [0.5, 0.6) is 0 Å². The summed E-state index contributed by atoms with van der Waals surface area (Å²) >= 11 is 0. The van der Waals surface area contributed by atoms with Crippen molar-refractivity contribution >= 4 is 9.84 Å². The maximum absolute atomic E-state index is 14.4. The Kier molecular flexibility index (Phi) is 8.63. The molecule has 0 heterocycles. The molecule has 0 spiro atoms. The Bertz CT molecular complexity index is 1320. The second-order valence-corrected chi connectivity index (χ2v) is 19.2. The van der Waals surface area contributed by atoms with Gasteiger partial charge in [0.2, 0.25) is 0 Å². The number of halogens is 3. The van der Waals surface area contributed by atoms with Crippen molar-refractivity contribution in [3.05, 3.63) is 30.3 Å². The number of aliphatic hydroxyl groups is 2. The Balaban J connectivity index is 1.26. The Labute approximate surface area is 268 Å². The van der Waals surface area contributed by atoms with Crippen LogP contribution in [-0.2, 0) is 9.84 Å². The van der Waals surface area contributed by atoms with E-state index in [1.807, 2.05) is 6.07 Å². The van der Waals surface area contributed by atoms with Crippen LogP contribution in [-0.4, -0.2) is 41.3 Å². The van der Waals surface area contributed by atoms with Crippen molar-refractivity contribution in [3.8, 4) is 0 Å². The third-order valence-electron chi connectivity index (χ3n) is 14.8. The number of sulfone groups is 1. The second kappa shape index (κ2) is 11.5. The second-order valence-electron chi connectivity index (χ2n) is 17.0. The summed E-state index contributed by atoms with van der Waals surface area (Å²) < 4.78 is 70.3. The first-order valence-electron chi connectivity index (χ1n) is 17.7. The van der Waals surface area contributed by atoms with Gasteiger partial charge in [0.15, 0.2) is 15.4 Å². The van der Waals surface area contributed by atoms with Crippen molar-refractivity contribution < 1.29 is 31.8 Å². The van der Waals surface area contributed by atoms with E-state index < -0.39 is 32.5 Å². The molecule has 0 bridgehead atoms. The Morgan fingerprint density at radius 2 is 1.49 bits per heavy atom. The van der Waals surface area contributed by atoms with E-state index in [1.54, 1.807) is 24.3 Å². The Hall–Kier alpha value is -1.12. The van der Waals surface area contributed by atoms with E-state index >= 15 is 0 Å². The van der Waals surface area contributed by atoms with Crippen LogP contribution in [0.4, 0.5) is 13.2 Å². The van der Waals surface area contributed by atoms with Crippen LogP contribution < -0.4 is 0 Å². The summed E-state index contributed by atoms with van der Waals surface area (Å²) in [5.74, 6) is 1.67. The first-order valence-corrected chi connectivity index (χ1v) is 19.3. The van der Waals surface area contributed by atoms with Crippen molar-refractivity contribution in [2.45, 2.75) is 145 Å². The largest absolute Gasteiger partial charge is 0.417 e. The van der Waals surface area contributed by atoms with Crippen LogP contribution in [0.15, 0.2) is 35.2 Å². The molecule has 5 aliphatic carbocycles. The summed E-state index contributed by atoms with van der Waals surface area (Å²) in [7, 11) is -3.70. The van der Waals surface area contributed by atoms with Crippen molar-refractivity contribution in [2.75, 3.05) is 0 Å².